The number of anilines is 2. The Kier molecular flexibility index (Phi) is 10.4. The zero-order valence-electron chi connectivity index (χ0n) is 28.7. The standard InChI is InChI=1S/C12H24B2O4.C11H18BN3O2.C5H6BrN3/c1-9(2)10(3,4)16-13(15-9)14-17-11(5,6)12(7,8)18-14;1-7-8(6-14-9(13)15-7)12-16-10(2,3)11(4,5)17-12;1-3-4(6)2-8-5(7)9-3/h1-8H3;6H,1-5H3,(H2,13,14,15);2H,1H3,(H2,7,8,9). The first-order chi connectivity index (χ1) is 19.8. The Balaban J connectivity index is 0.000000190. The molecule has 0 spiro atoms. The normalized spacial score (nSPS) is 23.5. The molecule has 2 aromatic rings. The van der Waals surface area contributed by atoms with Crippen molar-refractivity contribution < 1.29 is 27.9 Å². The molecule has 0 saturated carbocycles. The van der Waals surface area contributed by atoms with Gasteiger partial charge in [0.25, 0.3) is 0 Å². The number of hydrogen-bond donors (Lipinski definition) is 2. The van der Waals surface area contributed by atoms with Gasteiger partial charge in [0.15, 0.2) is 0 Å². The monoisotopic (exact) mass is 676 g/mol. The number of nitrogens with two attached hydrogens (primary N) is 2. The first-order valence-corrected chi connectivity index (χ1v) is 15.5. The molecule has 3 aliphatic heterocycles. The molecule has 3 aliphatic rings. The molecule has 3 fully saturated rings. The maximum Gasteiger partial charge on any atom is 0.498 e. The Morgan fingerprint density at radius 1 is 0.545 bits per heavy atom. The van der Waals surface area contributed by atoms with E-state index < -0.39 is 21.1 Å². The van der Waals surface area contributed by atoms with E-state index in [9.17, 15) is 0 Å². The highest BCUT2D eigenvalue weighted by molar-refractivity contribution is 9.10. The molecule has 0 aliphatic carbocycles. The topological polar surface area (TPSA) is 159 Å². The largest absolute Gasteiger partial charge is 0.498 e. The summed E-state index contributed by atoms with van der Waals surface area (Å²) in [5.41, 5.74) is 11.1. The van der Waals surface area contributed by atoms with Crippen LogP contribution in [-0.2, 0) is 27.9 Å². The average Bonchev–Trinajstić information content (AvgIpc) is 3.31. The van der Waals surface area contributed by atoms with E-state index in [0.717, 1.165) is 21.3 Å². The predicted molar refractivity (Wildman–Crippen MR) is 178 cm³/mol. The van der Waals surface area contributed by atoms with E-state index >= 15 is 0 Å². The van der Waals surface area contributed by atoms with Gasteiger partial charge in [-0.3, -0.25) is 0 Å². The van der Waals surface area contributed by atoms with Crippen LogP contribution in [0.2, 0.25) is 0 Å². The molecule has 4 N–H and O–H groups in total. The first kappa shape index (κ1) is 36.7. The fourth-order valence-corrected chi connectivity index (χ4v) is 4.36. The van der Waals surface area contributed by atoms with Gasteiger partial charge >= 0.3 is 21.1 Å². The van der Waals surface area contributed by atoms with Crippen molar-refractivity contribution in [2.24, 2.45) is 0 Å². The van der Waals surface area contributed by atoms with E-state index in [1.165, 1.54) is 0 Å². The number of aryl methyl sites for hydroxylation is 2. The Bertz CT molecular complexity index is 1260. The summed E-state index contributed by atoms with van der Waals surface area (Å²) in [6.07, 6.45) is 3.30. The highest BCUT2D eigenvalue weighted by Gasteiger charge is 2.63. The van der Waals surface area contributed by atoms with Gasteiger partial charge in [-0.2, -0.15) is 0 Å². The second-order valence-corrected chi connectivity index (χ2v) is 15.1. The molecule has 16 heteroatoms. The molecule has 2 aromatic heterocycles. The Hall–Kier alpha value is -1.81. The summed E-state index contributed by atoms with van der Waals surface area (Å²) in [4.78, 5) is 15.8. The molecular formula is C28H48B3BrN6O6. The quantitative estimate of drug-likeness (QED) is 0.440. The SMILES string of the molecule is CC1(C)OB(B2OC(C)(C)C(C)(C)O2)OC1(C)C.Cc1nc(N)ncc1B1OC(C)(C)C(C)(C)O1.Cc1nc(N)ncc1Br. The second-order valence-electron chi connectivity index (χ2n) is 14.3. The van der Waals surface area contributed by atoms with Crippen molar-refractivity contribution in [2.75, 3.05) is 11.5 Å². The summed E-state index contributed by atoms with van der Waals surface area (Å²) in [6.45, 7) is 28.0. The number of rotatable bonds is 2. The van der Waals surface area contributed by atoms with Crippen molar-refractivity contribution in [3.05, 3.63) is 28.3 Å². The second kappa shape index (κ2) is 12.4. The number of nitrogens with zero attached hydrogens (tertiary/aromatic N) is 4. The maximum atomic E-state index is 5.96. The highest BCUT2D eigenvalue weighted by Crippen LogP contribution is 2.43. The van der Waals surface area contributed by atoms with Gasteiger partial charge in [0.2, 0.25) is 11.9 Å². The van der Waals surface area contributed by atoms with Crippen molar-refractivity contribution in [3.63, 3.8) is 0 Å². The number of nitrogen functional groups attached to an aromatic ring is 2. The van der Waals surface area contributed by atoms with Crippen molar-refractivity contribution in [1.82, 2.24) is 19.9 Å². The van der Waals surface area contributed by atoms with Crippen LogP contribution in [-0.4, -0.2) is 74.7 Å². The molecule has 0 aromatic carbocycles. The lowest BCUT2D eigenvalue weighted by molar-refractivity contribution is 0.00578. The van der Waals surface area contributed by atoms with Gasteiger partial charge < -0.3 is 39.4 Å². The molecule has 0 bridgehead atoms. The molecule has 242 valence electrons. The van der Waals surface area contributed by atoms with Crippen LogP contribution >= 0.6 is 15.9 Å². The van der Waals surface area contributed by atoms with E-state index in [1.54, 1.807) is 12.4 Å². The average molecular weight is 677 g/mol. The molecule has 12 nitrogen and oxygen atoms in total. The molecular weight excluding hydrogens is 629 g/mol. The van der Waals surface area contributed by atoms with Crippen LogP contribution in [0.1, 0.15) is 94.5 Å². The molecule has 5 rings (SSSR count). The zero-order valence-corrected chi connectivity index (χ0v) is 30.2. The van der Waals surface area contributed by atoms with Crippen LogP contribution in [0.15, 0.2) is 16.9 Å². The van der Waals surface area contributed by atoms with E-state index in [2.05, 4.69) is 35.9 Å². The fraction of sp³-hybridized carbons (Fsp3) is 0.714. The van der Waals surface area contributed by atoms with Gasteiger partial charge in [-0.1, -0.05) is 0 Å². The van der Waals surface area contributed by atoms with Crippen LogP contribution in [0.3, 0.4) is 0 Å². The van der Waals surface area contributed by atoms with Crippen molar-refractivity contribution in [3.8, 4) is 0 Å². The summed E-state index contributed by atoms with van der Waals surface area (Å²) in [6, 6.07) is 0. The van der Waals surface area contributed by atoms with Crippen molar-refractivity contribution in [1.29, 1.82) is 0 Å². The third-order valence-electron chi connectivity index (χ3n) is 9.25. The third-order valence-corrected chi connectivity index (χ3v) is 10.0. The Morgan fingerprint density at radius 3 is 1.18 bits per heavy atom. The highest BCUT2D eigenvalue weighted by atomic mass is 79.9. The molecule has 0 atom stereocenters. The summed E-state index contributed by atoms with van der Waals surface area (Å²) < 4.78 is 36.6. The van der Waals surface area contributed by atoms with Crippen LogP contribution in [0.4, 0.5) is 11.9 Å². The van der Waals surface area contributed by atoms with E-state index in [-0.39, 0.29) is 39.6 Å². The minimum absolute atomic E-state index is 0.266. The van der Waals surface area contributed by atoms with Gasteiger partial charge in [0.05, 0.1) is 43.8 Å². The summed E-state index contributed by atoms with van der Waals surface area (Å²) in [5, 5.41) is 0. The van der Waals surface area contributed by atoms with Gasteiger partial charge in [-0.05, 0) is 113 Å². The maximum absolute atomic E-state index is 5.96. The number of halogens is 1. The predicted octanol–water partition coefficient (Wildman–Crippen LogP) is 4.05. The Morgan fingerprint density at radius 2 is 0.864 bits per heavy atom. The van der Waals surface area contributed by atoms with Gasteiger partial charge in [-0.15, -0.1) is 0 Å². The van der Waals surface area contributed by atoms with Crippen LogP contribution in [0.25, 0.3) is 0 Å². The molecule has 0 unspecified atom stereocenters. The van der Waals surface area contributed by atoms with Gasteiger partial charge in [0, 0.05) is 23.6 Å². The molecule has 5 heterocycles. The fourth-order valence-electron chi connectivity index (χ4n) is 4.17. The molecule has 3 saturated heterocycles. The lowest BCUT2D eigenvalue weighted by Crippen LogP contribution is -2.41. The van der Waals surface area contributed by atoms with E-state index in [4.69, 9.17) is 39.4 Å². The van der Waals surface area contributed by atoms with Crippen molar-refractivity contribution >= 4 is 54.4 Å². The minimum Gasteiger partial charge on any atom is -0.405 e. The summed E-state index contributed by atoms with van der Waals surface area (Å²) >= 11 is 3.25. The Labute approximate surface area is 272 Å². The van der Waals surface area contributed by atoms with Crippen LogP contribution in [0.5, 0.6) is 0 Å². The summed E-state index contributed by atoms with van der Waals surface area (Å²) in [7, 11) is -1.38. The molecule has 0 amide bonds. The smallest absolute Gasteiger partial charge is 0.405 e. The lowest BCUT2D eigenvalue weighted by Gasteiger charge is -2.32. The number of hydrogen-bond acceptors (Lipinski definition) is 12. The number of aromatic nitrogens is 4. The van der Waals surface area contributed by atoms with Gasteiger partial charge in [-0.25, -0.2) is 19.9 Å². The minimum atomic E-state index is -0.476. The van der Waals surface area contributed by atoms with Crippen molar-refractivity contribution in [2.45, 2.75) is 131 Å². The lowest BCUT2D eigenvalue weighted by atomic mass is 9.49. The zero-order chi connectivity index (χ0) is 33.7. The van der Waals surface area contributed by atoms with E-state index in [1.807, 2.05) is 96.9 Å². The summed E-state index contributed by atoms with van der Waals surface area (Å²) in [5.74, 6) is 0.582. The first-order valence-electron chi connectivity index (χ1n) is 14.7. The van der Waals surface area contributed by atoms with E-state index in [0.29, 0.717) is 5.95 Å². The third kappa shape index (κ3) is 7.76. The van der Waals surface area contributed by atoms with Gasteiger partial charge in [0.1, 0.15) is 0 Å². The van der Waals surface area contributed by atoms with Crippen LogP contribution < -0.4 is 16.9 Å². The van der Waals surface area contributed by atoms with Crippen LogP contribution in [0, 0.1) is 13.8 Å². The molecule has 44 heavy (non-hydrogen) atoms. The molecule has 0 radical (unpaired) electrons.